The smallest absolute Gasteiger partial charge is 0.393 e. The Hall–Kier alpha value is -0.820. The molecule has 1 atom stereocenters. The van der Waals surface area contributed by atoms with E-state index in [0.717, 1.165) is 25.9 Å². The molecule has 7 heteroatoms. The van der Waals surface area contributed by atoms with Crippen LogP contribution in [0.25, 0.3) is 0 Å². The minimum absolute atomic E-state index is 0.120. The molecule has 2 aliphatic rings. The molecular formula is C14H23F3N2O2. The number of halogens is 3. The van der Waals surface area contributed by atoms with E-state index in [4.69, 9.17) is 5.11 Å². The molecule has 2 heterocycles. The van der Waals surface area contributed by atoms with Crippen molar-refractivity contribution in [3.05, 3.63) is 0 Å². The highest BCUT2D eigenvalue weighted by Gasteiger charge is 2.42. The van der Waals surface area contributed by atoms with Crippen LogP contribution < -0.4 is 0 Å². The van der Waals surface area contributed by atoms with Crippen molar-refractivity contribution in [3.8, 4) is 0 Å². The second-order valence-corrected chi connectivity index (χ2v) is 6.12. The van der Waals surface area contributed by atoms with Crippen molar-refractivity contribution in [2.24, 2.45) is 11.8 Å². The van der Waals surface area contributed by atoms with Crippen molar-refractivity contribution in [3.63, 3.8) is 0 Å². The van der Waals surface area contributed by atoms with Gasteiger partial charge in [-0.15, -0.1) is 0 Å². The third kappa shape index (κ3) is 4.57. The summed E-state index contributed by atoms with van der Waals surface area (Å²) in [6, 6.07) is 0. The SMILES string of the molecule is O=C(CN1CCC(CO)CC1)N1CCCC(C(F)(F)F)C1. The number of piperidine rings is 2. The molecule has 0 bridgehead atoms. The number of alkyl halides is 3. The molecule has 0 aliphatic carbocycles. The predicted molar refractivity (Wildman–Crippen MR) is 71.6 cm³/mol. The van der Waals surface area contributed by atoms with Gasteiger partial charge in [-0.1, -0.05) is 0 Å². The van der Waals surface area contributed by atoms with Gasteiger partial charge >= 0.3 is 6.18 Å². The van der Waals surface area contributed by atoms with E-state index in [1.807, 2.05) is 4.90 Å². The fraction of sp³-hybridized carbons (Fsp3) is 0.929. The third-order valence-corrected chi connectivity index (χ3v) is 4.56. The number of amides is 1. The van der Waals surface area contributed by atoms with Gasteiger partial charge in [-0.05, 0) is 44.7 Å². The van der Waals surface area contributed by atoms with Crippen LogP contribution in [0.2, 0.25) is 0 Å². The Morgan fingerprint density at radius 3 is 2.38 bits per heavy atom. The molecule has 1 amide bonds. The lowest BCUT2D eigenvalue weighted by atomic mass is 9.96. The topological polar surface area (TPSA) is 43.8 Å². The highest BCUT2D eigenvalue weighted by molar-refractivity contribution is 5.78. The van der Waals surface area contributed by atoms with Gasteiger partial charge in [0.25, 0.3) is 0 Å². The van der Waals surface area contributed by atoms with Gasteiger partial charge < -0.3 is 10.0 Å². The maximum Gasteiger partial charge on any atom is 0.393 e. The van der Waals surface area contributed by atoms with E-state index in [9.17, 15) is 18.0 Å². The Bertz CT molecular complexity index is 355. The number of carbonyl (C=O) groups is 1. The second kappa shape index (κ2) is 6.96. The Morgan fingerprint density at radius 2 is 1.81 bits per heavy atom. The Kier molecular flexibility index (Phi) is 5.48. The summed E-state index contributed by atoms with van der Waals surface area (Å²) in [5.41, 5.74) is 0. The van der Waals surface area contributed by atoms with E-state index in [-0.39, 0.29) is 32.0 Å². The molecule has 1 unspecified atom stereocenters. The standard InChI is InChI=1S/C14H23F3N2O2/c15-14(16,17)12-2-1-5-19(8-12)13(21)9-18-6-3-11(10-20)4-7-18/h11-12,20H,1-10H2. The molecule has 0 saturated carbocycles. The summed E-state index contributed by atoms with van der Waals surface area (Å²) >= 11 is 0. The first-order valence-electron chi connectivity index (χ1n) is 7.58. The molecule has 2 fully saturated rings. The normalized spacial score (nSPS) is 26.1. The number of aliphatic hydroxyl groups is 1. The Labute approximate surface area is 122 Å². The van der Waals surface area contributed by atoms with E-state index in [2.05, 4.69) is 0 Å². The van der Waals surface area contributed by atoms with Crippen molar-refractivity contribution in [2.75, 3.05) is 39.3 Å². The van der Waals surface area contributed by atoms with Crippen LogP contribution in [-0.2, 0) is 4.79 Å². The van der Waals surface area contributed by atoms with E-state index in [1.54, 1.807) is 0 Å². The van der Waals surface area contributed by atoms with Crippen LogP contribution >= 0.6 is 0 Å². The van der Waals surface area contributed by atoms with E-state index < -0.39 is 12.1 Å². The summed E-state index contributed by atoms with van der Waals surface area (Å²) in [4.78, 5) is 15.5. The van der Waals surface area contributed by atoms with Crippen LogP contribution in [-0.4, -0.2) is 66.3 Å². The summed E-state index contributed by atoms with van der Waals surface area (Å²) in [6.45, 7) is 2.05. The van der Waals surface area contributed by atoms with Gasteiger partial charge in [-0.2, -0.15) is 13.2 Å². The van der Waals surface area contributed by atoms with Gasteiger partial charge in [0.15, 0.2) is 0 Å². The summed E-state index contributed by atoms with van der Waals surface area (Å²) < 4.78 is 38.2. The van der Waals surface area contributed by atoms with Gasteiger partial charge in [-0.3, -0.25) is 9.69 Å². The van der Waals surface area contributed by atoms with Crippen LogP contribution in [0.5, 0.6) is 0 Å². The molecule has 2 saturated heterocycles. The van der Waals surface area contributed by atoms with Gasteiger partial charge in [0.1, 0.15) is 0 Å². The quantitative estimate of drug-likeness (QED) is 0.859. The molecule has 2 aliphatic heterocycles. The first kappa shape index (κ1) is 16.5. The van der Waals surface area contributed by atoms with Crippen molar-refractivity contribution >= 4 is 5.91 Å². The fourth-order valence-electron chi connectivity index (χ4n) is 3.09. The van der Waals surface area contributed by atoms with Gasteiger partial charge in [0.05, 0.1) is 12.5 Å². The number of likely N-dealkylation sites (tertiary alicyclic amines) is 2. The number of nitrogens with zero attached hydrogens (tertiary/aromatic N) is 2. The van der Waals surface area contributed by atoms with E-state index in [0.29, 0.717) is 18.9 Å². The lowest BCUT2D eigenvalue weighted by Gasteiger charge is -2.36. The first-order chi connectivity index (χ1) is 9.90. The molecule has 21 heavy (non-hydrogen) atoms. The van der Waals surface area contributed by atoms with E-state index in [1.165, 1.54) is 4.90 Å². The van der Waals surface area contributed by atoms with Crippen molar-refractivity contribution in [2.45, 2.75) is 31.9 Å². The summed E-state index contributed by atoms with van der Waals surface area (Å²) in [7, 11) is 0. The molecule has 0 aromatic rings. The number of hydrogen-bond acceptors (Lipinski definition) is 3. The van der Waals surface area contributed by atoms with Gasteiger partial charge in [0, 0.05) is 19.7 Å². The zero-order valence-corrected chi connectivity index (χ0v) is 12.1. The van der Waals surface area contributed by atoms with Crippen molar-refractivity contribution in [1.82, 2.24) is 9.80 Å². The van der Waals surface area contributed by atoms with Gasteiger partial charge in [0.2, 0.25) is 5.91 Å². The molecule has 0 aromatic heterocycles. The minimum Gasteiger partial charge on any atom is -0.396 e. The number of rotatable bonds is 3. The van der Waals surface area contributed by atoms with Crippen LogP contribution in [0.15, 0.2) is 0 Å². The zero-order valence-electron chi connectivity index (χ0n) is 12.1. The highest BCUT2D eigenvalue weighted by atomic mass is 19.4. The largest absolute Gasteiger partial charge is 0.396 e. The summed E-state index contributed by atoms with van der Waals surface area (Å²) in [6.07, 6.45) is -1.99. The molecule has 1 N–H and O–H groups in total. The highest BCUT2D eigenvalue weighted by Crippen LogP contribution is 2.33. The predicted octanol–water partition coefficient (Wildman–Crippen LogP) is 1.49. The van der Waals surface area contributed by atoms with Crippen LogP contribution in [0.4, 0.5) is 13.2 Å². The zero-order chi connectivity index (χ0) is 15.5. The minimum atomic E-state index is -4.21. The molecular weight excluding hydrogens is 285 g/mol. The average molecular weight is 308 g/mol. The number of carbonyl (C=O) groups excluding carboxylic acids is 1. The lowest BCUT2D eigenvalue weighted by molar-refractivity contribution is -0.188. The molecule has 4 nitrogen and oxygen atoms in total. The number of aliphatic hydroxyl groups excluding tert-OH is 1. The first-order valence-corrected chi connectivity index (χ1v) is 7.58. The maximum absolute atomic E-state index is 12.7. The fourth-order valence-corrected chi connectivity index (χ4v) is 3.09. The molecule has 122 valence electrons. The van der Waals surface area contributed by atoms with Crippen molar-refractivity contribution in [1.29, 1.82) is 0 Å². The average Bonchev–Trinajstić information content (AvgIpc) is 2.47. The second-order valence-electron chi connectivity index (χ2n) is 6.12. The van der Waals surface area contributed by atoms with Gasteiger partial charge in [-0.25, -0.2) is 0 Å². The molecule has 0 aromatic carbocycles. The molecule has 2 rings (SSSR count). The Balaban J connectivity index is 1.80. The van der Waals surface area contributed by atoms with Crippen LogP contribution in [0.1, 0.15) is 25.7 Å². The van der Waals surface area contributed by atoms with Crippen LogP contribution in [0.3, 0.4) is 0 Å². The van der Waals surface area contributed by atoms with Crippen molar-refractivity contribution < 1.29 is 23.1 Å². The summed E-state index contributed by atoms with van der Waals surface area (Å²) in [5, 5.41) is 9.07. The van der Waals surface area contributed by atoms with E-state index >= 15 is 0 Å². The molecule has 0 radical (unpaired) electrons. The lowest BCUT2D eigenvalue weighted by Crippen LogP contribution is -2.49. The Morgan fingerprint density at radius 1 is 1.14 bits per heavy atom. The molecule has 0 spiro atoms. The van der Waals surface area contributed by atoms with Crippen LogP contribution in [0, 0.1) is 11.8 Å². The third-order valence-electron chi connectivity index (χ3n) is 4.56. The monoisotopic (exact) mass is 308 g/mol. The number of hydrogen-bond donors (Lipinski definition) is 1. The maximum atomic E-state index is 12.7. The summed E-state index contributed by atoms with van der Waals surface area (Å²) in [5.74, 6) is -1.29.